The Bertz CT molecular complexity index is 572. The number of benzene rings is 1. The molecule has 0 saturated carbocycles. The number of nitrogens with two attached hydrogens (primary N) is 1. The lowest BCUT2D eigenvalue weighted by molar-refractivity contribution is -0.117. The second-order valence-corrected chi connectivity index (χ2v) is 3.35. The van der Waals surface area contributed by atoms with Gasteiger partial charge in [-0.15, -0.1) is 0 Å². The van der Waals surface area contributed by atoms with Crippen LogP contribution >= 0.6 is 0 Å². The smallest absolute Gasteiger partial charge is 0.256 e. The fourth-order valence-corrected chi connectivity index (χ4v) is 1.55. The van der Waals surface area contributed by atoms with Crippen LogP contribution in [0.2, 0.25) is 0 Å². The van der Waals surface area contributed by atoms with E-state index in [0.29, 0.717) is 11.1 Å². The van der Waals surface area contributed by atoms with Crippen molar-refractivity contribution in [2.24, 2.45) is 5.73 Å². The van der Waals surface area contributed by atoms with Gasteiger partial charge in [-0.05, 0) is 17.5 Å². The van der Waals surface area contributed by atoms with Crippen molar-refractivity contribution >= 4 is 16.7 Å². The molecule has 1 aromatic carbocycles. The summed E-state index contributed by atoms with van der Waals surface area (Å²) in [5.74, 6) is -0.457. The van der Waals surface area contributed by atoms with Crippen molar-refractivity contribution in [3.05, 3.63) is 46.4 Å². The molecule has 2 rings (SSSR count). The molecule has 1 heterocycles. The molecule has 0 atom stereocenters. The standard InChI is InChI=1S/C11H10N2O2/c12-10(14)6-8-5-7-3-1-2-4-9(7)11(15)13-8/h1-5H,6H2,(H2,12,14)(H,13,15). The zero-order valence-corrected chi connectivity index (χ0v) is 7.99. The third-order valence-electron chi connectivity index (χ3n) is 2.17. The van der Waals surface area contributed by atoms with E-state index in [2.05, 4.69) is 4.98 Å². The van der Waals surface area contributed by atoms with Crippen LogP contribution in [0.4, 0.5) is 0 Å². The molecule has 15 heavy (non-hydrogen) atoms. The predicted molar refractivity (Wildman–Crippen MR) is 57.5 cm³/mol. The Hall–Kier alpha value is -2.10. The number of H-pyrrole nitrogens is 1. The SMILES string of the molecule is NC(=O)Cc1cc2ccccc2c(=O)[nH]1. The van der Waals surface area contributed by atoms with Crippen LogP contribution in [0, 0.1) is 0 Å². The minimum atomic E-state index is -0.457. The first kappa shape index (κ1) is 9.45. The first-order chi connectivity index (χ1) is 7.16. The number of carbonyl (C=O) groups is 1. The summed E-state index contributed by atoms with van der Waals surface area (Å²) >= 11 is 0. The van der Waals surface area contributed by atoms with Crippen LogP contribution in [0.25, 0.3) is 10.8 Å². The lowest BCUT2D eigenvalue weighted by Gasteiger charge is -2.00. The minimum Gasteiger partial charge on any atom is -0.369 e. The summed E-state index contributed by atoms with van der Waals surface area (Å²) in [5.41, 5.74) is 5.41. The van der Waals surface area contributed by atoms with Crippen LogP contribution in [0.3, 0.4) is 0 Å². The van der Waals surface area contributed by atoms with Crippen molar-refractivity contribution < 1.29 is 4.79 Å². The zero-order valence-electron chi connectivity index (χ0n) is 7.99. The predicted octanol–water partition coefficient (Wildman–Crippen LogP) is 0.556. The average Bonchev–Trinajstić information content (AvgIpc) is 2.16. The van der Waals surface area contributed by atoms with E-state index in [-0.39, 0.29) is 12.0 Å². The molecule has 0 saturated heterocycles. The molecule has 0 aliphatic heterocycles. The molecule has 3 N–H and O–H groups in total. The van der Waals surface area contributed by atoms with E-state index >= 15 is 0 Å². The molecule has 0 unspecified atom stereocenters. The number of rotatable bonds is 2. The van der Waals surface area contributed by atoms with Crippen LogP contribution in [0.5, 0.6) is 0 Å². The average molecular weight is 202 g/mol. The van der Waals surface area contributed by atoms with E-state index in [1.165, 1.54) is 0 Å². The van der Waals surface area contributed by atoms with Crippen molar-refractivity contribution in [3.8, 4) is 0 Å². The van der Waals surface area contributed by atoms with Gasteiger partial charge in [0.05, 0.1) is 6.42 Å². The van der Waals surface area contributed by atoms with Gasteiger partial charge in [-0.25, -0.2) is 0 Å². The van der Waals surface area contributed by atoms with Crippen LogP contribution in [0.1, 0.15) is 5.69 Å². The van der Waals surface area contributed by atoms with Crippen molar-refractivity contribution in [2.45, 2.75) is 6.42 Å². The molecule has 1 aromatic heterocycles. The maximum absolute atomic E-state index is 11.6. The Morgan fingerprint density at radius 1 is 1.33 bits per heavy atom. The van der Waals surface area contributed by atoms with Crippen molar-refractivity contribution in [1.29, 1.82) is 0 Å². The minimum absolute atomic E-state index is 0.0556. The molecule has 2 aromatic rings. The summed E-state index contributed by atoms with van der Waals surface area (Å²) in [5, 5.41) is 1.43. The molecule has 1 amide bonds. The lowest BCUT2D eigenvalue weighted by Crippen LogP contribution is -2.17. The Morgan fingerprint density at radius 3 is 2.80 bits per heavy atom. The third kappa shape index (κ3) is 1.88. The van der Waals surface area contributed by atoms with Crippen molar-refractivity contribution in [3.63, 3.8) is 0 Å². The Kier molecular flexibility index (Phi) is 2.25. The summed E-state index contributed by atoms with van der Waals surface area (Å²) in [6.45, 7) is 0. The second kappa shape index (κ2) is 3.57. The van der Waals surface area contributed by atoms with Crippen molar-refractivity contribution in [1.82, 2.24) is 4.98 Å². The quantitative estimate of drug-likeness (QED) is 0.746. The Balaban J connectivity index is 2.62. The molecule has 0 fully saturated rings. The fraction of sp³-hybridized carbons (Fsp3) is 0.0909. The number of primary amides is 1. The fourth-order valence-electron chi connectivity index (χ4n) is 1.55. The van der Waals surface area contributed by atoms with E-state index in [4.69, 9.17) is 5.73 Å². The molecule has 0 bridgehead atoms. The van der Waals surface area contributed by atoms with E-state index in [1.54, 1.807) is 18.2 Å². The first-order valence-corrected chi connectivity index (χ1v) is 4.56. The molecule has 0 aliphatic carbocycles. The Morgan fingerprint density at radius 2 is 2.07 bits per heavy atom. The molecular weight excluding hydrogens is 192 g/mol. The molecular formula is C11H10N2O2. The highest BCUT2D eigenvalue weighted by Gasteiger charge is 2.03. The summed E-state index contributed by atoms with van der Waals surface area (Å²) < 4.78 is 0. The number of carbonyl (C=O) groups excluding carboxylic acids is 1. The van der Waals surface area contributed by atoms with Gasteiger partial charge in [0.25, 0.3) is 5.56 Å². The van der Waals surface area contributed by atoms with Gasteiger partial charge in [0.1, 0.15) is 0 Å². The molecule has 4 nitrogen and oxygen atoms in total. The molecule has 0 aliphatic rings. The second-order valence-electron chi connectivity index (χ2n) is 3.35. The maximum atomic E-state index is 11.6. The zero-order chi connectivity index (χ0) is 10.8. The summed E-state index contributed by atoms with van der Waals surface area (Å²) in [4.78, 5) is 24.9. The number of amides is 1. The number of fused-ring (bicyclic) bond motifs is 1. The van der Waals surface area contributed by atoms with E-state index in [1.807, 2.05) is 12.1 Å². The normalized spacial score (nSPS) is 10.4. The van der Waals surface area contributed by atoms with Crippen LogP contribution in [-0.4, -0.2) is 10.9 Å². The monoisotopic (exact) mass is 202 g/mol. The van der Waals surface area contributed by atoms with Gasteiger partial charge in [0.2, 0.25) is 5.91 Å². The number of aromatic amines is 1. The topological polar surface area (TPSA) is 76.0 Å². The van der Waals surface area contributed by atoms with Crippen LogP contribution < -0.4 is 11.3 Å². The molecule has 0 radical (unpaired) electrons. The van der Waals surface area contributed by atoms with Gasteiger partial charge < -0.3 is 10.7 Å². The van der Waals surface area contributed by atoms with E-state index in [0.717, 1.165) is 5.39 Å². The number of hydrogen-bond acceptors (Lipinski definition) is 2. The number of pyridine rings is 1. The highest BCUT2D eigenvalue weighted by Crippen LogP contribution is 2.09. The summed E-state index contributed by atoms with van der Waals surface area (Å²) in [6.07, 6.45) is 0.0556. The molecule has 76 valence electrons. The van der Waals surface area contributed by atoms with Gasteiger partial charge >= 0.3 is 0 Å². The first-order valence-electron chi connectivity index (χ1n) is 4.56. The molecule has 0 spiro atoms. The molecule has 4 heteroatoms. The van der Waals surface area contributed by atoms with E-state index < -0.39 is 5.91 Å². The van der Waals surface area contributed by atoms with Gasteiger partial charge in [0.15, 0.2) is 0 Å². The summed E-state index contributed by atoms with van der Waals surface area (Å²) in [6, 6.07) is 8.97. The van der Waals surface area contributed by atoms with Crippen LogP contribution in [0.15, 0.2) is 35.1 Å². The number of nitrogens with one attached hydrogen (secondary N) is 1. The highest BCUT2D eigenvalue weighted by atomic mass is 16.1. The maximum Gasteiger partial charge on any atom is 0.256 e. The summed E-state index contributed by atoms with van der Waals surface area (Å²) in [7, 11) is 0. The van der Waals surface area contributed by atoms with Gasteiger partial charge in [-0.3, -0.25) is 9.59 Å². The lowest BCUT2D eigenvalue weighted by atomic mass is 10.1. The number of hydrogen-bond donors (Lipinski definition) is 2. The largest absolute Gasteiger partial charge is 0.369 e. The van der Waals surface area contributed by atoms with Gasteiger partial charge in [0, 0.05) is 11.1 Å². The van der Waals surface area contributed by atoms with Gasteiger partial charge in [-0.2, -0.15) is 0 Å². The highest BCUT2D eigenvalue weighted by molar-refractivity contribution is 5.83. The van der Waals surface area contributed by atoms with E-state index in [9.17, 15) is 9.59 Å². The van der Waals surface area contributed by atoms with Crippen molar-refractivity contribution in [2.75, 3.05) is 0 Å². The van der Waals surface area contributed by atoms with Gasteiger partial charge in [-0.1, -0.05) is 18.2 Å². The number of aromatic nitrogens is 1. The third-order valence-corrected chi connectivity index (χ3v) is 2.17. The Labute approximate surface area is 85.7 Å². The van der Waals surface area contributed by atoms with Crippen LogP contribution in [-0.2, 0) is 11.2 Å².